The summed E-state index contributed by atoms with van der Waals surface area (Å²) in [6.07, 6.45) is -0.979. The Balaban J connectivity index is 1.48. The van der Waals surface area contributed by atoms with E-state index in [0.717, 1.165) is 29.9 Å². The van der Waals surface area contributed by atoms with E-state index in [-0.39, 0.29) is 11.2 Å². The van der Waals surface area contributed by atoms with Gasteiger partial charge in [0.05, 0.1) is 25.2 Å². The van der Waals surface area contributed by atoms with Gasteiger partial charge in [0.15, 0.2) is 0 Å². The summed E-state index contributed by atoms with van der Waals surface area (Å²) in [7, 11) is 0. The monoisotopic (exact) mass is 422 g/mol. The Hall–Kier alpha value is -3.00. The van der Waals surface area contributed by atoms with Crippen molar-refractivity contribution in [1.29, 1.82) is 0 Å². The van der Waals surface area contributed by atoms with Crippen molar-refractivity contribution < 1.29 is 36.9 Å². The second kappa shape index (κ2) is 9.21. The predicted molar refractivity (Wildman–Crippen MR) is 103 cm³/mol. The molecule has 1 aliphatic rings. The summed E-state index contributed by atoms with van der Waals surface area (Å²) in [6.45, 7) is 4.14. The zero-order chi connectivity index (χ0) is 21.6. The molecule has 1 heterocycles. The van der Waals surface area contributed by atoms with Crippen molar-refractivity contribution in [3.05, 3.63) is 60.2 Å². The van der Waals surface area contributed by atoms with Crippen molar-refractivity contribution in [2.75, 3.05) is 19.8 Å². The summed E-state index contributed by atoms with van der Waals surface area (Å²) in [4.78, 5) is 11.9. The van der Waals surface area contributed by atoms with Gasteiger partial charge in [-0.2, -0.15) is 0 Å². The Morgan fingerprint density at radius 3 is 2.17 bits per heavy atom. The summed E-state index contributed by atoms with van der Waals surface area (Å²) in [5.41, 5.74) is 0.866. The van der Waals surface area contributed by atoms with Crippen LogP contribution < -0.4 is 14.2 Å². The van der Waals surface area contributed by atoms with Gasteiger partial charge in [-0.05, 0) is 54.5 Å². The van der Waals surface area contributed by atoms with E-state index < -0.39 is 18.1 Å². The number of ether oxygens (including phenoxy) is 4. The van der Waals surface area contributed by atoms with Gasteiger partial charge in [0, 0.05) is 6.08 Å². The van der Waals surface area contributed by atoms with E-state index in [1.165, 1.54) is 18.2 Å². The second-order valence-electron chi connectivity index (χ2n) is 6.98. The van der Waals surface area contributed by atoms with E-state index in [1.807, 2.05) is 12.1 Å². The van der Waals surface area contributed by atoms with Gasteiger partial charge in [-0.15, -0.1) is 13.2 Å². The molecule has 30 heavy (non-hydrogen) atoms. The SMILES string of the molecule is CCC1(COc2ccc(/C=C/C(=O)Oc3ccc(OC(F)(F)F)cc3)cc2)COC1. The summed E-state index contributed by atoms with van der Waals surface area (Å²) >= 11 is 0. The number of hydrogen-bond acceptors (Lipinski definition) is 5. The molecule has 0 aromatic heterocycles. The molecule has 2 aromatic rings. The Morgan fingerprint density at radius 2 is 1.63 bits per heavy atom. The van der Waals surface area contributed by atoms with Gasteiger partial charge in [-0.25, -0.2) is 4.79 Å². The molecule has 0 amide bonds. The maximum absolute atomic E-state index is 12.1. The highest BCUT2D eigenvalue weighted by molar-refractivity contribution is 5.88. The molecule has 0 unspecified atom stereocenters. The molecule has 0 saturated carbocycles. The first-order chi connectivity index (χ1) is 14.3. The number of halogens is 3. The largest absolute Gasteiger partial charge is 0.573 e. The maximum Gasteiger partial charge on any atom is 0.573 e. The molecule has 1 fully saturated rings. The molecule has 1 saturated heterocycles. The topological polar surface area (TPSA) is 54.0 Å². The summed E-state index contributed by atoms with van der Waals surface area (Å²) in [5.74, 6) is -0.215. The van der Waals surface area contributed by atoms with Gasteiger partial charge in [0.25, 0.3) is 0 Å². The first kappa shape index (κ1) is 21.7. The van der Waals surface area contributed by atoms with E-state index in [9.17, 15) is 18.0 Å². The predicted octanol–water partition coefficient (Wildman–Crippen LogP) is 5.01. The first-order valence-electron chi connectivity index (χ1n) is 9.33. The van der Waals surface area contributed by atoms with Crippen LogP contribution >= 0.6 is 0 Å². The van der Waals surface area contributed by atoms with Crippen LogP contribution in [0.4, 0.5) is 13.2 Å². The van der Waals surface area contributed by atoms with Gasteiger partial charge in [0.1, 0.15) is 17.2 Å². The molecule has 0 N–H and O–H groups in total. The van der Waals surface area contributed by atoms with Gasteiger partial charge >= 0.3 is 12.3 Å². The summed E-state index contributed by atoms with van der Waals surface area (Å²) < 4.78 is 56.3. The van der Waals surface area contributed by atoms with Crippen molar-refractivity contribution in [1.82, 2.24) is 0 Å². The molecule has 1 aliphatic heterocycles. The number of benzene rings is 2. The zero-order valence-corrected chi connectivity index (χ0v) is 16.3. The fraction of sp³-hybridized carbons (Fsp3) is 0.318. The van der Waals surface area contributed by atoms with Crippen molar-refractivity contribution in [2.24, 2.45) is 5.41 Å². The average Bonchev–Trinajstić information content (AvgIpc) is 2.67. The Bertz CT molecular complexity index is 864. The molecule has 2 aromatic carbocycles. The molecule has 0 radical (unpaired) electrons. The standard InChI is InChI=1S/C22H21F3O5/c1-2-21(13-27-14-21)15-28-17-6-3-16(4-7-17)5-12-20(26)29-18-8-10-19(11-9-18)30-22(23,24)25/h3-12H,2,13-15H2,1H3/b12-5+. The smallest absolute Gasteiger partial charge is 0.493 e. The Kier molecular flexibility index (Phi) is 6.66. The number of esters is 1. The van der Waals surface area contributed by atoms with Gasteiger partial charge < -0.3 is 18.9 Å². The fourth-order valence-electron chi connectivity index (χ4n) is 2.72. The molecule has 0 atom stereocenters. The van der Waals surface area contributed by atoms with E-state index >= 15 is 0 Å². The van der Waals surface area contributed by atoms with Crippen LogP contribution in [0.25, 0.3) is 6.08 Å². The van der Waals surface area contributed by atoms with Crippen molar-refractivity contribution >= 4 is 12.0 Å². The number of hydrogen-bond donors (Lipinski definition) is 0. The van der Waals surface area contributed by atoms with Gasteiger partial charge in [-0.3, -0.25) is 0 Å². The molecule has 0 spiro atoms. The van der Waals surface area contributed by atoms with E-state index in [4.69, 9.17) is 14.2 Å². The third kappa shape index (κ3) is 6.25. The maximum atomic E-state index is 12.1. The second-order valence-corrected chi connectivity index (χ2v) is 6.98. The molecule has 160 valence electrons. The van der Waals surface area contributed by atoms with Crippen molar-refractivity contribution in [3.8, 4) is 17.2 Å². The molecule has 0 bridgehead atoms. The molecular formula is C22H21F3O5. The van der Waals surface area contributed by atoms with Crippen LogP contribution in [-0.2, 0) is 9.53 Å². The van der Waals surface area contributed by atoms with Crippen molar-refractivity contribution in [2.45, 2.75) is 19.7 Å². The number of alkyl halides is 3. The van der Waals surface area contributed by atoms with Crippen LogP contribution in [0.3, 0.4) is 0 Å². The Labute approximate surface area is 172 Å². The minimum Gasteiger partial charge on any atom is -0.493 e. The molecule has 3 rings (SSSR count). The highest BCUT2D eigenvalue weighted by Crippen LogP contribution is 2.32. The lowest BCUT2D eigenvalue weighted by atomic mass is 9.84. The lowest BCUT2D eigenvalue weighted by molar-refractivity contribution is -0.274. The first-order valence-corrected chi connectivity index (χ1v) is 9.33. The zero-order valence-electron chi connectivity index (χ0n) is 16.3. The lowest BCUT2D eigenvalue weighted by Crippen LogP contribution is -2.46. The molecule has 8 heteroatoms. The van der Waals surface area contributed by atoms with Crippen LogP contribution in [0.5, 0.6) is 17.2 Å². The summed E-state index contributed by atoms with van der Waals surface area (Å²) in [5, 5.41) is 0. The molecular weight excluding hydrogens is 401 g/mol. The highest BCUT2D eigenvalue weighted by Gasteiger charge is 2.37. The van der Waals surface area contributed by atoms with Gasteiger partial charge in [0.2, 0.25) is 0 Å². The van der Waals surface area contributed by atoms with Crippen LogP contribution in [0.2, 0.25) is 0 Å². The van der Waals surface area contributed by atoms with Crippen LogP contribution in [0.1, 0.15) is 18.9 Å². The van der Waals surface area contributed by atoms with Crippen LogP contribution in [0.15, 0.2) is 54.6 Å². The number of carbonyl (C=O) groups excluding carboxylic acids is 1. The minimum atomic E-state index is -4.77. The quantitative estimate of drug-likeness (QED) is 0.340. The minimum absolute atomic E-state index is 0.0966. The van der Waals surface area contributed by atoms with Crippen LogP contribution in [0, 0.1) is 5.41 Å². The highest BCUT2D eigenvalue weighted by atomic mass is 19.4. The van der Waals surface area contributed by atoms with E-state index in [1.54, 1.807) is 18.2 Å². The summed E-state index contributed by atoms with van der Waals surface area (Å²) in [6, 6.07) is 11.8. The number of rotatable bonds is 8. The van der Waals surface area contributed by atoms with E-state index in [0.29, 0.717) is 19.8 Å². The third-order valence-corrected chi connectivity index (χ3v) is 4.68. The molecule has 5 nitrogen and oxygen atoms in total. The number of carbonyl (C=O) groups is 1. The average molecular weight is 422 g/mol. The lowest BCUT2D eigenvalue weighted by Gasteiger charge is -2.40. The third-order valence-electron chi connectivity index (χ3n) is 4.68. The normalized spacial score (nSPS) is 15.5. The molecule has 0 aliphatic carbocycles. The fourth-order valence-corrected chi connectivity index (χ4v) is 2.72. The van der Waals surface area contributed by atoms with Gasteiger partial charge in [-0.1, -0.05) is 19.1 Å². The Morgan fingerprint density at radius 1 is 1.03 bits per heavy atom. The van der Waals surface area contributed by atoms with Crippen LogP contribution in [-0.4, -0.2) is 32.2 Å². The van der Waals surface area contributed by atoms with Crippen molar-refractivity contribution in [3.63, 3.8) is 0 Å². The van der Waals surface area contributed by atoms with E-state index in [2.05, 4.69) is 11.7 Å².